The number of aryl methyl sites for hydroxylation is 3. The number of guanidine groups is 1. The number of carboxylic acid groups (broad SMARTS) is 1. The molecule has 1 amide bonds. The van der Waals surface area contributed by atoms with Crippen LogP contribution in [-0.4, -0.2) is 62.2 Å². The van der Waals surface area contributed by atoms with Gasteiger partial charge in [-0.05, 0) is 96.7 Å². The second-order valence-corrected chi connectivity index (χ2v) is 11.9. The van der Waals surface area contributed by atoms with E-state index in [4.69, 9.17) is 20.6 Å². The average molecular weight is 600 g/mol. The van der Waals surface area contributed by atoms with Crippen LogP contribution in [0.5, 0.6) is 5.75 Å². The summed E-state index contributed by atoms with van der Waals surface area (Å²) in [6, 6.07) is 6.21. The Morgan fingerprint density at radius 3 is 2.21 bits per heavy atom. The number of aromatic nitrogens is 1. The van der Waals surface area contributed by atoms with Crippen LogP contribution < -0.4 is 16.4 Å². The lowest BCUT2D eigenvalue weighted by Crippen LogP contribution is -2.46. The molecule has 234 valence electrons. The zero-order valence-electron chi connectivity index (χ0n) is 25.4. The largest absolute Gasteiger partial charge is 0.506 e. The number of carbonyl (C=O) groups excluding carboxylic acids is 3. The summed E-state index contributed by atoms with van der Waals surface area (Å²) in [5, 5.41) is 32.5. The average Bonchev–Trinajstić information content (AvgIpc) is 2.84. The van der Waals surface area contributed by atoms with Gasteiger partial charge < -0.3 is 36.1 Å². The van der Waals surface area contributed by atoms with Crippen molar-refractivity contribution < 1.29 is 38.9 Å². The number of ether oxygens (including phenoxy) is 2. The van der Waals surface area contributed by atoms with Crippen molar-refractivity contribution in [3.05, 3.63) is 52.8 Å². The molecule has 0 bridgehead atoms. The van der Waals surface area contributed by atoms with Gasteiger partial charge in [-0.15, -0.1) is 0 Å². The van der Waals surface area contributed by atoms with Gasteiger partial charge >= 0.3 is 17.9 Å². The van der Waals surface area contributed by atoms with Gasteiger partial charge in [0.15, 0.2) is 5.96 Å². The molecule has 7 N–H and O–H groups in total. The van der Waals surface area contributed by atoms with Crippen molar-refractivity contribution >= 4 is 35.5 Å². The first kappa shape index (κ1) is 34.5. The van der Waals surface area contributed by atoms with Gasteiger partial charge in [0.05, 0.1) is 17.7 Å². The van der Waals surface area contributed by atoms with E-state index in [0.29, 0.717) is 22.6 Å². The van der Waals surface area contributed by atoms with Crippen molar-refractivity contribution in [2.45, 2.75) is 90.9 Å². The fourth-order valence-corrected chi connectivity index (χ4v) is 3.98. The molecule has 0 fully saturated rings. The number of carbonyl (C=O) groups is 4. The van der Waals surface area contributed by atoms with Crippen molar-refractivity contribution in [3.63, 3.8) is 0 Å². The molecule has 0 unspecified atom stereocenters. The maximum absolute atomic E-state index is 12.8. The predicted molar refractivity (Wildman–Crippen MR) is 159 cm³/mol. The van der Waals surface area contributed by atoms with Crippen LogP contribution in [0.25, 0.3) is 0 Å². The van der Waals surface area contributed by atoms with Crippen molar-refractivity contribution in [1.29, 1.82) is 5.41 Å². The summed E-state index contributed by atoms with van der Waals surface area (Å²) < 4.78 is 10.7. The van der Waals surface area contributed by atoms with Crippen LogP contribution in [0, 0.1) is 5.41 Å². The zero-order valence-corrected chi connectivity index (χ0v) is 25.4. The van der Waals surface area contributed by atoms with Crippen LogP contribution in [0.15, 0.2) is 30.3 Å². The number of hydrogen-bond donors (Lipinski definition) is 6. The van der Waals surface area contributed by atoms with E-state index in [1.54, 1.807) is 53.7 Å². The normalized spacial score (nSPS) is 12.1. The highest BCUT2D eigenvalue weighted by atomic mass is 16.6. The van der Waals surface area contributed by atoms with Crippen molar-refractivity contribution in [1.82, 2.24) is 10.3 Å². The number of pyridine rings is 1. The number of esters is 2. The van der Waals surface area contributed by atoms with E-state index in [1.165, 1.54) is 18.2 Å². The molecule has 0 aliphatic heterocycles. The maximum atomic E-state index is 12.8. The summed E-state index contributed by atoms with van der Waals surface area (Å²) in [6.45, 7) is 10.1. The van der Waals surface area contributed by atoms with E-state index < -0.39 is 47.5 Å². The fourth-order valence-electron chi connectivity index (χ4n) is 3.98. The van der Waals surface area contributed by atoms with Crippen LogP contribution in [0.2, 0.25) is 0 Å². The Morgan fingerprint density at radius 2 is 1.63 bits per heavy atom. The van der Waals surface area contributed by atoms with Gasteiger partial charge in [0, 0.05) is 17.8 Å². The highest BCUT2D eigenvalue weighted by molar-refractivity contribution is 5.93. The van der Waals surface area contributed by atoms with E-state index in [0.717, 1.165) is 0 Å². The van der Waals surface area contributed by atoms with E-state index in [1.807, 2.05) is 0 Å². The van der Waals surface area contributed by atoms with E-state index in [2.05, 4.69) is 15.6 Å². The summed E-state index contributed by atoms with van der Waals surface area (Å²) in [5.74, 6) is -3.46. The van der Waals surface area contributed by atoms with Gasteiger partial charge in [0.25, 0.3) is 0 Å². The molecule has 2 rings (SSSR count). The smallest absolute Gasteiger partial charge is 0.335 e. The number of aromatic hydroxyl groups is 1. The van der Waals surface area contributed by atoms with Crippen LogP contribution in [-0.2, 0) is 43.1 Å². The molecule has 1 aromatic carbocycles. The van der Waals surface area contributed by atoms with Gasteiger partial charge in [0.1, 0.15) is 23.0 Å². The van der Waals surface area contributed by atoms with Crippen molar-refractivity contribution in [2.24, 2.45) is 5.73 Å². The minimum absolute atomic E-state index is 0.0624. The van der Waals surface area contributed by atoms with Gasteiger partial charge in [-0.25, -0.2) is 9.59 Å². The SMILES string of the molecule is CC(C)(C)OC(=O)C[C@H](NC(=O)CCc1ccc(O)c(CCc2cc(NC(=N)N)ccc2C(=O)O)n1)C(=O)OC(C)(C)C. The topological polar surface area (TPSA) is 214 Å². The lowest BCUT2D eigenvalue weighted by molar-refractivity contribution is -0.165. The first-order valence-electron chi connectivity index (χ1n) is 13.7. The van der Waals surface area contributed by atoms with E-state index >= 15 is 0 Å². The Hall–Kier alpha value is -4.68. The molecule has 0 aliphatic carbocycles. The summed E-state index contributed by atoms with van der Waals surface area (Å²) in [6.07, 6.45) is 0.0762. The first-order valence-corrected chi connectivity index (χ1v) is 13.7. The minimum atomic E-state index is -1.25. The molecule has 0 aliphatic rings. The van der Waals surface area contributed by atoms with Gasteiger partial charge in [0.2, 0.25) is 5.91 Å². The lowest BCUT2D eigenvalue weighted by atomic mass is 10.00. The molecule has 13 heteroatoms. The number of benzene rings is 1. The Balaban J connectivity index is 2.11. The molecule has 43 heavy (non-hydrogen) atoms. The monoisotopic (exact) mass is 599 g/mol. The summed E-state index contributed by atoms with van der Waals surface area (Å²) in [5.41, 5.74) is 5.50. The van der Waals surface area contributed by atoms with Gasteiger partial charge in [-0.3, -0.25) is 20.0 Å². The van der Waals surface area contributed by atoms with Crippen LogP contribution in [0.4, 0.5) is 5.69 Å². The minimum Gasteiger partial charge on any atom is -0.506 e. The summed E-state index contributed by atoms with van der Waals surface area (Å²) >= 11 is 0. The quantitative estimate of drug-likeness (QED) is 0.118. The molecule has 13 nitrogen and oxygen atoms in total. The highest BCUT2D eigenvalue weighted by Gasteiger charge is 2.30. The highest BCUT2D eigenvalue weighted by Crippen LogP contribution is 2.22. The van der Waals surface area contributed by atoms with Crippen LogP contribution >= 0.6 is 0 Å². The standard InChI is InChI=1S/C30H41N5O8/c1-29(2,3)42-25(38)16-22(27(41)43-30(4,5)6)35-24(37)14-10-18-9-13-23(36)21(33-18)12-7-17-15-19(34-28(31)32)8-11-20(17)26(39)40/h8-9,11,13,15,22,36H,7,10,12,14,16H2,1-6H3,(H,35,37)(H,39,40)(H4,31,32,34)/t22-/m0/s1. The van der Waals surface area contributed by atoms with E-state index in [-0.39, 0.29) is 43.0 Å². The molecule has 0 saturated heterocycles. The van der Waals surface area contributed by atoms with Gasteiger partial charge in [-0.2, -0.15) is 0 Å². The molecule has 0 radical (unpaired) electrons. The van der Waals surface area contributed by atoms with E-state index in [9.17, 15) is 29.4 Å². The lowest BCUT2D eigenvalue weighted by Gasteiger charge is -2.25. The number of aromatic carboxylic acids is 1. The van der Waals surface area contributed by atoms with Crippen LogP contribution in [0.1, 0.15) is 81.7 Å². The number of rotatable bonds is 12. The molecule has 1 aromatic heterocycles. The Bertz CT molecular complexity index is 1360. The molecular weight excluding hydrogens is 558 g/mol. The molecule has 2 aromatic rings. The Labute approximate surface area is 250 Å². The number of nitrogens with one attached hydrogen (secondary N) is 3. The number of anilines is 1. The Morgan fingerprint density at radius 1 is 0.977 bits per heavy atom. The number of carboxylic acids is 1. The van der Waals surface area contributed by atoms with Gasteiger partial charge in [-0.1, -0.05) is 0 Å². The third-order valence-corrected chi connectivity index (χ3v) is 5.68. The second-order valence-electron chi connectivity index (χ2n) is 11.9. The van der Waals surface area contributed by atoms with Crippen LogP contribution in [0.3, 0.4) is 0 Å². The molecule has 0 spiro atoms. The summed E-state index contributed by atoms with van der Waals surface area (Å²) in [4.78, 5) is 54.1. The maximum Gasteiger partial charge on any atom is 0.335 e. The number of hydrogen-bond acceptors (Lipinski definition) is 9. The van der Waals surface area contributed by atoms with Crippen molar-refractivity contribution in [3.8, 4) is 5.75 Å². The fraction of sp³-hybridized carbons (Fsp3) is 0.467. The number of nitrogens with two attached hydrogens (primary N) is 1. The third kappa shape index (κ3) is 12.4. The third-order valence-electron chi connectivity index (χ3n) is 5.68. The molecule has 1 heterocycles. The first-order chi connectivity index (χ1) is 19.8. The number of amides is 1. The molecule has 0 saturated carbocycles. The number of nitrogens with zero attached hydrogens (tertiary/aromatic N) is 1. The predicted octanol–water partition coefficient (Wildman–Crippen LogP) is 3.07. The Kier molecular flexibility index (Phi) is 11.6. The summed E-state index contributed by atoms with van der Waals surface area (Å²) in [7, 11) is 0. The molecular formula is C30H41N5O8. The second kappa shape index (κ2) is 14.5. The van der Waals surface area contributed by atoms with Crippen molar-refractivity contribution in [2.75, 3.05) is 5.32 Å². The zero-order chi connectivity index (χ0) is 32.5. The molecule has 1 atom stereocenters.